The van der Waals surface area contributed by atoms with E-state index < -0.39 is 0 Å². The third-order valence-electron chi connectivity index (χ3n) is 7.04. The second-order valence-electron chi connectivity index (χ2n) is 9.77. The van der Waals surface area contributed by atoms with Crippen LogP contribution in [0.4, 0.5) is 0 Å². The van der Waals surface area contributed by atoms with E-state index >= 15 is 0 Å². The number of nitrogens with zero attached hydrogens (tertiary/aromatic N) is 2. The van der Waals surface area contributed by atoms with Crippen molar-refractivity contribution in [2.45, 2.75) is 26.7 Å². The van der Waals surface area contributed by atoms with Gasteiger partial charge in [0.1, 0.15) is 10.9 Å². The van der Waals surface area contributed by atoms with E-state index in [0.717, 1.165) is 40.5 Å². The van der Waals surface area contributed by atoms with Gasteiger partial charge in [0.05, 0.1) is 11.4 Å². The Morgan fingerprint density at radius 2 is 1.15 bits per heavy atom. The summed E-state index contributed by atoms with van der Waals surface area (Å²) in [6.45, 7) is 4.00. The minimum absolute atomic E-state index is 0.661. The molecular weight excluding hydrogens is 524 g/mol. The Kier molecular flexibility index (Phi) is 7.88. The number of allylic oxidation sites excluding steroid dienone is 2. The highest BCUT2D eigenvalue weighted by molar-refractivity contribution is 7.01. The predicted molar refractivity (Wildman–Crippen MR) is 173 cm³/mol. The van der Waals surface area contributed by atoms with Crippen LogP contribution in [0, 0.1) is 0 Å². The molecule has 7 rings (SSSR count). The SMILES string of the molecule is C1=c2ooc3ccccc3n(-c3ccc4ccccc4c3)sn(-c3ccc4ccccc4c3)c2=CCC1.CC=CC. The van der Waals surface area contributed by atoms with Gasteiger partial charge in [-0.3, -0.25) is 9.15 Å². The maximum atomic E-state index is 6.00. The highest BCUT2D eigenvalue weighted by Gasteiger charge is 2.09. The van der Waals surface area contributed by atoms with E-state index in [9.17, 15) is 0 Å². The summed E-state index contributed by atoms with van der Waals surface area (Å²) in [6, 6.07) is 38.0. The van der Waals surface area contributed by atoms with Crippen molar-refractivity contribution in [3.8, 4) is 11.4 Å². The number of rotatable bonds is 2. The summed E-state index contributed by atoms with van der Waals surface area (Å²) in [5.41, 5.74) is 4.41. The van der Waals surface area contributed by atoms with Crippen molar-refractivity contribution in [1.82, 2.24) is 7.91 Å². The first kappa shape index (κ1) is 26.5. The summed E-state index contributed by atoms with van der Waals surface area (Å²) >= 11 is 1.63. The van der Waals surface area contributed by atoms with E-state index in [2.05, 4.69) is 111 Å². The van der Waals surface area contributed by atoms with Gasteiger partial charge in [0.2, 0.25) is 5.58 Å². The van der Waals surface area contributed by atoms with Crippen molar-refractivity contribution in [1.29, 1.82) is 0 Å². The Hall–Kier alpha value is -4.74. The fraction of sp³-hybridized carbons (Fsp3) is 0.111. The zero-order valence-corrected chi connectivity index (χ0v) is 24.1. The molecule has 0 unspecified atom stereocenters. The van der Waals surface area contributed by atoms with Crippen molar-refractivity contribution < 1.29 is 9.15 Å². The number of hydrogen-bond acceptors (Lipinski definition) is 3. The maximum Gasteiger partial charge on any atom is 0.203 e. The normalized spacial score (nSPS) is 12.2. The molecule has 6 aromatic rings. The van der Waals surface area contributed by atoms with E-state index in [1.165, 1.54) is 21.5 Å². The van der Waals surface area contributed by atoms with Crippen LogP contribution in [-0.2, 0) is 0 Å². The minimum Gasteiger partial charge on any atom is -0.288 e. The lowest BCUT2D eigenvalue weighted by molar-refractivity contribution is 0.0534. The van der Waals surface area contributed by atoms with Gasteiger partial charge < -0.3 is 0 Å². The zero-order valence-electron chi connectivity index (χ0n) is 23.2. The molecule has 0 radical (unpaired) electrons. The highest BCUT2D eigenvalue weighted by atomic mass is 32.1. The van der Waals surface area contributed by atoms with Crippen LogP contribution in [-0.4, -0.2) is 7.91 Å². The van der Waals surface area contributed by atoms with Crippen LogP contribution >= 0.6 is 11.7 Å². The summed E-state index contributed by atoms with van der Waals surface area (Å²) < 4.78 is 16.4. The van der Waals surface area contributed by atoms with Crippen LogP contribution in [0.5, 0.6) is 0 Å². The Balaban J connectivity index is 0.000000712. The van der Waals surface area contributed by atoms with Gasteiger partial charge in [-0.15, -0.1) is 0 Å². The fourth-order valence-electron chi connectivity index (χ4n) is 4.83. The lowest BCUT2D eigenvalue weighted by Gasteiger charge is -2.12. The van der Waals surface area contributed by atoms with Crippen LogP contribution in [0.3, 0.4) is 0 Å². The first-order chi connectivity index (χ1) is 20.2. The Labute approximate surface area is 243 Å². The molecule has 0 amide bonds. The summed E-state index contributed by atoms with van der Waals surface area (Å²) in [5.74, 6) is 0. The first-order valence-corrected chi connectivity index (χ1v) is 14.7. The predicted octanol–water partition coefficient (Wildman–Crippen LogP) is 9.16. The van der Waals surface area contributed by atoms with Crippen LogP contribution in [0.25, 0.3) is 56.2 Å². The molecule has 0 bridgehead atoms. The van der Waals surface area contributed by atoms with Gasteiger partial charge in [0, 0.05) is 11.7 Å². The van der Waals surface area contributed by atoms with E-state index in [1.54, 1.807) is 11.7 Å². The van der Waals surface area contributed by atoms with E-state index in [4.69, 9.17) is 9.15 Å². The third kappa shape index (κ3) is 5.63. The Bertz CT molecular complexity index is 2090. The molecule has 0 spiro atoms. The average Bonchev–Trinajstić information content (AvgIpc) is 3.11. The second kappa shape index (κ2) is 12.2. The maximum absolute atomic E-state index is 6.00. The van der Waals surface area contributed by atoms with Gasteiger partial charge in [-0.1, -0.05) is 91.0 Å². The minimum atomic E-state index is 0.661. The molecule has 204 valence electrons. The number of fused-ring (bicyclic) bond motifs is 4. The number of para-hydroxylation sites is 2. The van der Waals surface area contributed by atoms with Gasteiger partial charge in [-0.05, 0) is 90.7 Å². The average molecular weight is 557 g/mol. The van der Waals surface area contributed by atoms with Crippen LogP contribution in [0.1, 0.15) is 26.7 Å². The van der Waals surface area contributed by atoms with Crippen LogP contribution in [0.15, 0.2) is 130 Å². The summed E-state index contributed by atoms with van der Waals surface area (Å²) in [7, 11) is 0. The van der Waals surface area contributed by atoms with E-state index in [-0.39, 0.29) is 0 Å². The molecule has 1 aliphatic carbocycles. The quantitative estimate of drug-likeness (QED) is 0.157. The van der Waals surface area contributed by atoms with Crippen molar-refractivity contribution in [2.24, 2.45) is 0 Å². The molecule has 0 aliphatic heterocycles. The van der Waals surface area contributed by atoms with Crippen molar-refractivity contribution >= 4 is 56.5 Å². The second-order valence-corrected chi connectivity index (χ2v) is 10.7. The lowest BCUT2D eigenvalue weighted by Crippen LogP contribution is -2.33. The smallest absolute Gasteiger partial charge is 0.203 e. The molecule has 1 aliphatic rings. The van der Waals surface area contributed by atoms with Crippen molar-refractivity contribution in [3.05, 3.63) is 132 Å². The highest BCUT2D eigenvalue weighted by Crippen LogP contribution is 2.25. The van der Waals surface area contributed by atoms with Crippen LogP contribution in [0.2, 0.25) is 0 Å². The molecule has 1 heterocycles. The van der Waals surface area contributed by atoms with Gasteiger partial charge >= 0.3 is 0 Å². The largest absolute Gasteiger partial charge is 0.288 e. The summed E-state index contributed by atoms with van der Waals surface area (Å²) in [6.07, 6.45) is 10.2. The van der Waals surface area contributed by atoms with Crippen LogP contribution < -0.4 is 10.8 Å². The number of aromatic nitrogens is 2. The van der Waals surface area contributed by atoms with Gasteiger partial charge in [-0.25, -0.2) is 7.91 Å². The number of benzene rings is 5. The van der Waals surface area contributed by atoms with Gasteiger partial charge in [0.25, 0.3) is 0 Å². The Morgan fingerprint density at radius 3 is 1.80 bits per heavy atom. The molecule has 0 saturated carbocycles. The summed E-state index contributed by atoms with van der Waals surface area (Å²) in [4.78, 5) is 0. The number of hydrogen-bond donors (Lipinski definition) is 0. The molecule has 1 aromatic heterocycles. The molecular formula is C36H32N2O2S. The summed E-state index contributed by atoms with van der Waals surface area (Å²) in [5, 5.41) is 5.78. The topological polar surface area (TPSA) is 36.1 Å². The molecule has 0 atom stereocenters. The van der Waals surface area contributed by atoms with Crippen molar-refractivity contribution in [3.63, 3.8) is 0 Å². The fourth-order valence-corrected chi connectivity index (χ4v) is 5.90. The molecule has 5 heteroatoms. The lowest BCUT2D eigenvalue weighted by atomic mass is 10.1. The van der Waals surface area contributed by atoms with Gasteiger partial charge in [-0.2, -0.15) is 0 Å². The first-order valence-electron chi connectivity index (χ1n) is 13.9. The standard InChI is InChI=1S/C32H24N2O2S.C4H8/c1-3-11-25-21-27(19-17-23(25)9-1)33-29-13-5-7-15-31(29)35-36-32-16-8-6-14-30(32)34(37-33)28-20-18-24-10-2-4-12-26(24)22-28;1-3-4-2/h1-5,7,9-22H,6,8H2;3-4H,1-2H3. The van der Waals surface area contributed by atoms with E-state index in [0.29, 0.717) is 5.58 Å². The monoisotopic (exact) mass is 556 g/mol. The molecule has 4 nitrogen and oxygen atoms in total. The van der Waals surface area contributed by atoms with Crippen molar-refractivity contribution in [2.75, 3.05) is 0 Å². The molecule has 5 aromatic carbocycles. The molecule has 0 fully saturated rings. The third-order valence-corrected chi connectivity index (χ3v) is 8.18. The zero-order chi connectivity index (χ0) is 28.0. The van der Waals surface area contributed by atoms with E-state index in [1.807, 2.05) is 44.2 Å². The molecule has 0 saturated heterocycles. The Morgan fingerprint density at radius 1 is 0.585 bits per heavy atom. The van der Waals surface area contributed by atoms with Gasteiger partial charge in [0.15, 0.2) is 5.42 Å². The molecule has 41 heavy (non-hydrogen) atoms. The molecule has 0 N–H and O–H groups in total.